The van der Waals surface area contributed by atoms with Crippen molar-refractivity contribution in [3.8, 4) is 0 Å². The minimum absolute atomic E-state index is 0.193. The predicted octanol–water partition coefficient (Wildman–Crippen LogP) is 1.86. The van der Waals surface area contributed by atoms with Crippen LogP contribution in [0.2, 0.25) is 0 Å². The van der Waals surface area contributed by atoms with Gasteiger partial charge in [-0.3, -0.25) is 4.79 Å². The molecule has 0 aliphatic rings. The summed E-state index contributed by atoms with van der Waals surface area (Å²) in [6.45, 7) is 5.09. The van der Waals surface area contributed by atoms with Crippen LogP contribution in [0.1, 0.15) is 20.8 Å². The summed E-state index contributed by atoms with van der Waals surface area (Å²) in [5, 5.41) is 1.65. The Labute approximate surface area is 99.2 Å². The molecule has 6 heteroatoms. The van der Waals surface area contributed by atoms with Crippen molar-refractivity contribution >= 4 is 27.1 Å². The van der Waals surface area contributed by atoms with Gasteiger partial charge in [0.2, 0.25) is 0 Å². The second-order valence-corrected chi connectivity index (χ2v) is 7.44. The molecule has 0 aliphatic heterocycles. The second kappa shape index (κ2) is 4.55. The van der Waals surface area contributed by atoms with Crippen molar-refractivity contribution in [2.75, 3.05) is 5.75 Å². The van der Waals surface area contributed by atoms with Crippen LogP contribution in [0.15, 0.2) is 21.7 Å². The first kappa shape index (κ1) is 13.2. The highest BCUT2D eigenvalue weighted by molar-refractivity contribution is 7.94. The minimum atomic E-state index is -3.54. The Hall–Kier alpha value is -0.880. The van der Waals surface area contributed by atoms with Crippen molar-refractivity contribution in [2.45, 2.75) is 30.6 Å². The number of hydrogen-bond donors (Lipinski definition) is 0. The molecule has 0 aromatic carbocycles. The van der Waals surface area contributed by atoms with E-state index in [-0.39, 0.29) is 4.21 Å². The van der Waals surface area contributed by atoms with E-state index < -0.39 is 27.2 Å². The van der Waals surface area contributed by atoms with Gasteiger partial charge in [-0.2, -0.15) is 0 Å². The van der Waals surface area contributed by atoms with Gasteiger partial charge in [0.05, 0.1) is 0 Å². The Balaban J connectivity index is 2.72. The molecule has 0 saturated carbocycles. The summed E-state index contributed by atoms with van der Waals surface area (Å²) in [6.07, 6.45) is 0. The van der Waals surface area contributed by atoms with Crippen LogP contribution in [-0.2, 0) is 19.4 Å². The van der Waals surface area contributed by atoms with Gasteiger partial charge in [0.1, 0.15) is 9.81 Å². The normalized spacial score (nSPS) is 12.4. The minimum Gasteiger partial charge on any atom is -0.459 e. The Morgan fingerprint density at radius 3 is 2.50 bits per heavy atom. The zero-order chi connectivity index (χ0) is 12.4. The highest BCUT2D eigenvalue weighted by Crippen LogP contribution is 2.18. The van der Waals surface area contributed by atoms with Gasteiger partial charge in [-0.05, 0) is 32.2 Å². The van der Waals surface area contributed by atoms with Gasteiger partial charge < -0.3 is 4.74 Å². The van der Waals surface area contributed by atoms with Crippen molar-refractivity contribution in [3.05, 3.63) is 17.5 Å². The Morgan fingerprint density at radius 2 is 2.06 bits per heavy atom. The van der Waals surface area contributed by atoms with Gasteiger partial charge in [0.25, 0.3) is 0 Å². The maximum Gasteiger partial charge on any atom is 0.322 e. The van der Waals surface area contributed by atoms with Crippen LogP contribution in [0, 0.1) is 0 Å². The second-order valence-electron chi connectivity index (χ2n) is 4.28. The van der Waals surface area contributed by atoms with Gasteiger partial charge in [0, 0.05) is 0 Å². The Kier molecular flexibility index (Phi) is 3.75. The van der Waals surface area contributed by atoms with E-state index in [2.05, 4.69) is 0 Å². The number of sulfone groups is 1. The highest BCUT2D eigenvalue weighted by atomic mass is 32.2. The lowest BCUT2D eigenvalue weighted by molar-refractivity contribution is -0.151. The maximum absolute atomic E-state index is 11.7. The predicted molar refractivity (Wildman–Crippen MR) is 62.2 cm³/mol. The van der Waals surface area contributed by atoms with E-state index in [1.807, 2.05) is 0 Å². The molecule has 0 atom stereocenters. The van der Waals surface area contributed by atoms with Crippen molar-refractivity contribution in [1.82, 2.24) is 0 Å². The molecular weight excluding hydrogens is 248 g/mol. The largest absolute Gasteiger partial charge is 0.459 e. The molecule has 0 bridgehead atoms. The topological polar surface area (TPSA) is 60.4 Å². The van der Waals surface area contributed by atoms with Crippen LogP contribution in [-0.4, -0.2) is 25.7 Å². The van der Waals surface area contributed by atoms with Crippen molar-refractivity contribution in [3.63, 3.8) is 0 Å². The third-order valence-electron chi connectivity index (χ3n) is 1.53. The van der Waals surface area contributed by atoms with Gasteiger partial charge >= 0.3 is 5.97 Å². The lowest BCUT2D eigenvalue weighted by atomic mass is 10.2. The summed E-state index contributed by atoms with van der Waals surface area (Å²) in [6, 6.07) is 3.11. The van der Waals surface area contributed by atoms with Crippen LogP contribution in [0.3, 0.4) is 0 Å². The fourth-order valence-electron chi connectivity index (χ4n) is 1.04. The average molecular weight is 262 g/mol. The van der Waals surface area contributed by atoms with Crippen molar-refractivity contribution in [2.24, 2.45) is 0 Å². The number of carbonyl (C=O) groups is 1. The molecule has 16 heavy (non-hydrogen) atoms. The van der Waals surface area contributed by atoms with Crippen LogP contribution in [0.5, 0.6) is 0 Å². The molecule has 0 spiro atoms. The summed E-state index contributed by atoms with van der Waals surface area (Å²) in [4.78, 5) is 11.4. The molecular formula is C10H14O4S2. The lowest BCUT2D eigenvalue weighted by Crippen LogP contribution is -2.28. The first-order valence-corrected chi connectivity index (χ1v) is 7.22. The first-order chi connectivity index (χ1) is 7.21. The summed E-state index contributed by atoms with van der Waals surface area (Å²) < 4.78 is 28.5. The molecule has 90 valence electrons. The standard InChI is InChI=1S/C10H14O4S2/c1-10(2,3)14-8(11)7-16(12,13)9-5-4-6-15-9/h4-6H,7H2,1-3H3. The monoisotopic (exact) mass is 262 g/mol. The third kappa shape index (κ3) is 3.94. The molecule has 0 amide bonds. The maximum atomic E-state index is 11.7. The highest BCUT2D eigenvalue weighted by Gasteiger charge is 2.24. The molecule has 0 radical (unpaired) electrons. The Bertz CT molecular complexity index is 452. The summed E-state index contributed by atoms with van der Waals surface area (Å²) >= 11 is 1.09. The molecule has 0 aliphatic carbocycles. The van der Waals surface area contributed by atoms with Crippen molar-refractivity contribution < 1.29 is 17.9 Å². The number of thiophene rings is 1. The quantitative estimate of drug-likeness (QED) is 0.780. The van der Waals surface area contributed by atoms with Crippen LogP contribution in [0.4, 0.5) is 0 Å². The van der Waals surface area contributed by atoms with Crippen LogP contribution < -0.4 is 0 Å². The third-order valence-corrected chi connectivity index (χ3v) is 4.61. The number of carbonyl (C=O) groups excluding carboxylic acids is 1. The van der Waals surface area contributed by atoms with E-state index in [4.69, 9.17) is 4.74 Å². The van der Waals surface area contributed by atoms with Gasteiger partial charge in [0.15, 0.2) is 15.6 Å². The number of esters is 1. The summed E-state index contributed by atoms with van der Waals surface area (Å²) in [5.41, 5.74) is -0.665. The van der Waals surface area contributed by atoms with Gasteiger partial charge in [-0.25, -0.2) is 8.42 Å². The number of hydrogen-bond acceptors (Lipinski definition) is 5. The molecule has 0 unspecified atom stereocenters. The van der Waals surface area contributed by atoms with E-state index in [1.54, 1.807) is 32.2 Å². The average Bonchev–Trinajstić information content (AvgIpc) is 2.49. The van der Waals surface area contributed by atoms with Crippen LogP contribution >= 0.6 is 11.3 Å². The summed E-state index contributed by atoms with van der Waals surface area (Å²) in [7, 11) is -3.54. The zero-order valence-electron chi connectivity index (χ0n) is 9.39. The van der Waals surface area contributed by atoms with Gasteiger partial charge in [-0.1, -0.05) is 6.07 Å². The van der Waals surface area contributed by atoms with Gasteiger partial charge in [-0.15, -0.1) is 11.3 Å². The molecule has 1 aromatic heterocycles. The van der Waals surface area contributed by atoms with Crippen molar-refractivity contribution in [1.29, 1.82) is 0 Å². The summed E-state index contributed by atoms with van der Waals surface area (Å²) in [5.74, 6) is -1.33. The Morgan fingerprint density at radius 1 is 1.44 bits per heavy atom. The van der Waals surface area contributed by atoms with E-state index in [1.165, 1.54) is 6.07 Å². The fraction of sp³-hybridized carbons (Fsp3) is 0.500. The smallest absolute Gasteiger partial charge is 0.322 e. The molecule has 1 rings (SSSR count). The zero-order valence-corrected chi connectivity index (χ0v) is 11.0. The molecule has 0 N–H and O–H groups in total. The van der Waals surface area contributed by atoms with E-state index >= 15 is 0 Å². The molecule has 0 saturated heterocycles. The molecule has 1 heterocycles. The van der Waals surface area contributed by atoms with E-state index in [9.17, 15) is 13.2 Å². The lowest BCUT2D eigenvalue weighted by Gasteiger charge is -2.19. The first-order valence-electron chi connectivity index (χ1n) is 4.69. The number of rotatable bonds is 3. The molecule has 0 fully saturated rings. The SMILES string of the molecule is CC(C)(C)OC(=O)CS(=O)(=O)c1cccs1. The molecule has 4 nitrogen and oxygen atoms in total. The van der Waals surface area contributed by atoms with Crippen LogP contribution in [0.25, 0.3) is 0 Å². The van der Waals surface area contributed by atoms with E-state index in [0.29, 0.717) is 0 Å². The molecule has 1 aromatic rings. The van der Waals surface area contributed by atoms with E-state index in [0.717, 1.165) is 11.3 Å². The number of ether oxygens (including phenoxy) is 1. The fourth-order valence-corrected chi connectivity index (χ4v) is 3.21.